The molecule has 4 heteroatoms. The van der Waals surface area contributed by atoms with Gasteiger partial charge in [0.1, 0.15) is 0 Å². The highest BCUT2D eigenvalue weighted by Gasteiger charge is 2.23. The fourth-order valence-electron chi connectivity index (χ4n) is 1.05. The number of hydrogen-bond acceptors (Lipinski definition) is 4. The summed E-state index contributed by atoms with van der Waals surface area (Å²) in [7, 11) is 0. The molecule has 14 heavy (non-hydrogen) atoms. The Balaban J connectivity index is 4.06. The maximum atomic E-state index is 8.51. The van der Waals surface area contributed by atoms with Gasteiger partial charge in [0.15, 0.2) is 12.4 Å². The molecular weight excluding hydrogens is 176 g/mol. The van der Waals surface area contributed by atoms with Crippen LogP contribution in [-0.2, 0) is 0 Å². The van der Waals surface area contributed by atoms with E-state index in [-0.39, 0.29) is 11.1 Å². The predicted octanol–water partition coefficient (Wildman–Crippen LogP) is 1.47. The molecule has 0 saturated heterocycles. The average Bonchev–Trinajstić information content (AvgIpc) is 2.01. The van der Waals surface area contributed by atoms with Crippen molar-refractivity contribution in [1.82, 2.24) is 10.6 Å². The minimum absolute atomic E-state index is 0.205. The second-order valence-electron chi connectivity index (χ2n) is 4.74. The Morgan fingerprint density at radius 3 is 1.36 bits per heavy atom. The van der Waals surface area contributed by atoms with Gasteiger partial charge in [0, 0.05) is 11.1 Å². The number of nitrogens with zero attached hydrogens (tertiary/aromatic N) is 2. The molecule has 0 radical (unpaired) electrons. The summed E-state index contributed by atoms with van der Waals surface area (Å²) < 4.78 is 0. The fourth-order valence-corrected chi connectivity index (χ4v) is 1.05. The molecule has 0 bridgehead atoms. The summed E-state index contributed by atoms with van der Waals surface area (Å²) in [5, 5.41) is 22.5. The normalized spacial score (nSPS) is 11.3. The van der Waals surface area contributed by atoms with Crippen molar-refractivity contribution >= 4 is 0 Å². The predicted molar refractivity (Wildman–Crippen MR) is 54.9 cm³/mol. The standard InChI is InChI=1S/C10H18N4/c1-9(2,13-7-11)5-6-10(3,4)14-8-12/h13-14H,5-6H2,1-4H3. The summed E-state index contributed by atoms with van der Waals surface area (Å²) in [6.45, 7) is 7.88. The van der Waals surface area contributed by atoms with Crippen molar-refractivity contribution in [2.75, 3.05) is 0 Å². The highest BCUT2D eigenvalue weighted by Crippen LogP contribution is 2.18. The summed E-state index contributed by atoms with van der Waals surface area (Å²) in [6, 6.07) is 0. The number of nitriles is 2. The molecule has 78 valence electrons. The van der Waals surface area contributed by atoms with Gasteiger partial charge in [-0.25, -0.2) is 0 Å². The van der Waals surface area contributed by atoms with E-state index in [0.29, 0.717) is 0 Å². The van der Waals surface area contributed by atoms with Crippen LogP contribution >= 0.6 is 0 Å². The molecule has 0 aliphatic carbocycles. The number of rotatable bonds is 5. The monoisotopic (exact) mass is 194 g/mol. The maximum absolute atomic E-state index is 8.51. The van der Waals surface area contributed by atoms with E-state index in [0.717, 1.165) is 12.8 Å². The summed E-state index contributed by atoms with van der Waals surface area (Å²) in [5.74, 6) is 0. The minimum Gasteiger partial charge on any atom is -0.318 e. The van der Waals surface area contributed by atoms with Gasteiger partial charge in [-0.2, -0.15) is 10.5 Å². The van der Waals surface area contributed by atoms with Crippen molar-refractivity contribution in [3.05, 3.63) is 0 Å². The SMILES string of the molecule is CC(C)(CCC(C)(C)NC#N)NC#N. The van der Waals surface area contributed by atoms with Gasteiger partial charge in [-0.3, -0.25) is 0 Å². The van der Waals surface area contributed by atoms with Gasteiger partial charge in [0.05, 0.1) is 0 Å². The van der Waals surface area contributed by atoms with Crippen LogP contribution in [0.5, 0.6) is 0 Å². The lowest BCUT2D eigenvalue weighted by molar-refractivity contribution is 0.323. The highest BCUT2D eigenvalue weighted by molar-refractivity contribution is 4.91. The van der Waals surface area contributed by atoms with Crippen LogP contribution in [-0.4, -0.2) is 11.1 Å². The largest absolute Gasteiger partial charge is 0.318 e. The van der Waals surface area contributed by atoms with Crippen molar-refractivity contribution in [2.45, 2.75) is 51.6 Å². The van der Waals surface area contributed by atoms with Crippen LogP contribution in [0.1, 0.15) is 40.5 Å². The first-order chi connectivity index (χ1) is 6.33. The van der Waals surface area contributed by atoms with E-state index in [9.17, 15) is 0 Å². The first-order valence-corrected chi connectivity index (χ1v) is 4.65. The van der Waals surface area contributed by atoms with Crippen LogP contribution < -0.4 is 10.6 Å². The Hall–Kier alpha value is -1.42. The molecule has 0 rings (SSSR count). The van der Waals surface area contributed by atoms with E-state index in [2.05, 4.69) is 10.6 Å². The van der Waals surface area contributed by atoms with Crippen LogP contribution in [0.2, 0.25) is 0 Å². The summed E-state index contributed by atoms with van der Waals surface area (Å²) >= 11 is 0. The zero-order valence-electron chi connectivity index (χ0n) is 9.31. The molecule has 0 saturated carbocycles. The van der Waals surface area contributed by atoms with E-state index >= 15 is 0 Å². The Morgan fingerprint density at radius 1 is 0.857 bits per heavy atom. The first-order valence-electron chi connectivity index (χ1n) is 4.65. The minimum atomic E-state index is -0.205. The summed E-state index contributed by atoms with van der Waals surface area (Å²) in [4.78, 5) is 0. The first kappa shape index (κ1) is 12.6. The molecule has 0 aliphatic rings. The topological polar surface area (TPSA) is 71.6 Å². The fraction of sp³-hybridized carbons (Fsp3) is 0.800. The Bertz CT molecular complexity index is 226. The number of hydrogen-bond donors (Lipinski definition) is 2. The smallest absolute Gasteiger partial charge is 0.177 e. The van der Waals surface area contributed by atoms with Crippen LogP contribution in [0.4, 0.5) is 0 Å². The molecule has 0 aromatic rings. The van der Waals surface area contributed by atoms with E-state index in [1.165, 1.54) is 0 Å². The molecule has 0 aliphatic heterocycles. The third kappa shape index (κ3) is 5.27. The Labute approximate surface area is 85.9 Å². The summed E-state index contributed by atoms with van der Waals surface area (Å²) in [5.41, 5.74) is -0.410. The van der Waals surface area contributed by atoms with Gasteiger partial charge in [-0.1, -0.05) is 0 Å². The average molecular weight is 194 g/mol. The van der Waals surface area contributed by atoms with E-state index in [4.69, 9.17) is 10.5 Å². The van der Waals surface area contributed by atoms with Gasteiger partial charge < -0.3 is 10.6 Å². The molecule has 0 aromatic heterocycles. The van der Waals surface area contributed by atoms with Gasteiger partial charge in [0.2, 0.25) is 0 Å². The van der Waals surface area contributed by atoms with Crippen LogP contribution in [0.15, 0.2) is 0 Å². The third-order valence-electron chi connectivity index (χ3n) is 2.16. The second kappa shape index (κ2) is 4.72. The van der Waals surface area contributed by atoms with Crippen LogP contribution in [0, 0.1) is 22.9 Å². The van der Waals surface area contributed by atoms with Crippen molar-refractivity contribution < 1.29 is 0 Å². The van der Waals surface area contributed by atoms with Gasteiger partial charge in [0.25, 0.3) is 0 Å². The van der Waals surface area contributed by atoms with Crippen molar-refractivity contribution in [1.29, 1.82) is 10.5 Å². The molecule has 0 aromatic carbocycles. The maximum Gasteiger partial charge on any atom is 0.177 e. The Kier molecular flexibility index (Phi) is 4.24. The van der Waals surface area contributed by atoms with Gasteiger partial charge >= 0.3 is 0 Å². The molecule has 0 amide bonds. The van der Waals surface area contributed by atoms with Gasteiger partial charge in [-0.15, -0.1) is 0 Å². The molecule has 2 N–H and O–H groups in total. The lowest BCUT2D eigenvalue weighted by atomic mass is 9.90. The number of nitrogens with one attached hydrogen (secondary N) is 2. The van der Waals surface area contributed by atoms with Crippen molar-refractivity contribution in [2.24, 2.45) is 0 Å². The zero-order chi connectivity index (χ0) is 11.2. The third-order valence-corrected chi connectivity index (χ3v) is 2.16. The van der Waals surface area contributed by atoms with Gasteiger partial charge in [-0.05, 0) is 40.5 Å². The lowest BCUT2D eigenvalue weighted by Gasteiger charge is -2.29. The lowest BCUT2D eigenvalue weighted by Crippen LogP contribution is -2.41. The summed E-state index contributed by atoms with van der Waals surface area (Å²) in [6.07, 6.45) is 5.55. The molecular formula is C10H18N4. The zero-order valence-corrected chi connectivity index (χ0v) is 9.31. The van der Waals surface area contributed by atoms with Crippen LogP contribution in [0.25, 0.3) is 0 Å². The quantitative estimate of drug-likeness (QED) is 0.513. The van der Waals surface area contributed by atoms with Crippen molar-refractivity contribution in [3.8, 4) is 12.4 Å². The van der Waals surface area contributed by atoms with E-state index in [1.807, 2.05) is 40.1 Å². The molecule has 0 atom stereocenters. The molecule has 0 spiro atoms. The Morgan fingerprint density at radius 2 is 1.14 bits per heavy atom. The molecule has 0 fully saturated rings. The second-order valence-corrected chi connectivity index (χ2v) is 4.74. The van der Waals surface area contributed by atoms with E-state index < -0.39 is 0 Å². The van der Waals surface area contributed by atoms with E-state index in [1.54, 1.807) is 0 Å². The van der Waals surface area contributed by atoms with Crippen molar-refractivity contribution in [3.63, 3.8) is 0 Å². The highest BCUT2D eigenvalue weighted by atomic mass is 15.0. The van der Waals surface area contributed by atoms with Crippen LogP contribution in [0.3, 0.4) is 0 Å². The molecule has 4 nitrogen and oxygen atoms in total. The molecule has 0 heterocycles. The molecule has 0 unspecified atom stereocenters.